The second-order valence-corrected chi connectivity index (χ2v) is 4.77. The molecule has 0 bridgehead atoms. The smallest absolute Gasteiger partial charge is 0.152 e. The number of rotatable bonds is 4. The quantitative estimate of drug-likeness (QED) is 0.769. The van der Waals surface area contributed by atoms with Crippen LogP contribution in [0.3, 0.4) is 0 Å². The van der Waals surface area contributed by atoms with Gasteiger partial charge in [-0.1, -0.05) is 0 Å². The molecule has 0 aromatic carbocycles. The van der Waals surface area contributed by atoms with Crippen molar-refractivity contribution in [2.24, 2.45) is 7.05 Å². The van der Waals surface area contributed by atoms with E-state index < -0.39 is 0 Å². The van der Waals surface area contributed by atoms with E-state index in [4.69, 9.17) is 0 Å². The highest BCUT2D eigenvalue weighted by Crippen LogP contribution is 2.23. The molecule has 3 aromatic heterocycles. The van der Waals surface area contributed by atoms with Crippen molar-refractivity contribution >= 4 is 27.4 Å². The monoisotopic (exact) mass is 260 g/mol. The molecule has 0 aliphatic heterocycles. The predicted octanol–water partition coefficient (Wildman–Crippen LogP) is 1.47. The summed E-state index contributed by atoms with van der Waals surface area (Å²) in [5.74, 6) is 1.71. The molecule has 0 unspecified atom stereocenters. The molecule has 0 spiro atoms. The van der Waals surface area contributed by atoms with E-state index >= 15 is 0 Å². The lowest BCUT2D eigenvalue weighted by molar-refractivity contribution is 0.742. The SMILES string of the molecule is Cn1cnc(CCNc2ncnc3sccc23)n1. The third-order valence-corrected chi connectivity index (χ3v) is 3.37. The molecule has 3 rings (SSSR count). The van der Waals surface area contributed by atoms with E-state index in [2.05, 4.69) is 25.4 Å². The molecule has 0 fully saturated rings. The van der Waals surface area contributed by atoms with Crippen LogP contribution < -0.4 is 5.32 Å². The van der Waals surface area contributed by atoms with Crippen molar-refractivity contribution in [3.63, 3.8) is 0 Å². The standard InChI is InChI=1S/C11H12N6S/c1-17-7-15-9(16-17)2-4-12-10-8-3-5-18-11(8)14-6-13-10/h3,5-7H,2,4H2,1H3,(H,12,13,14). The van der Waals surface area contributed by atoms with Gasteiger partial charge in [-0.25, -0.2) is 15.0 Å². The van der Waals surface area contributed by atoms with Crippen molar-refractivity contribution < 1.29 is 0 Å². The van der Waals surface area contributed by atoms with Crippen LogP contribution in [0.25, 0.3) is 10.2 Å². The van der Waals surface area contributed by atoms with Crippen molar-refractivity contribution in [2.75, 3.05) is 11.9 Å². The summed E-state index contributed by atoms with van der Waals surface area (Å²) in [4.78, 5) is 13.6. The van der Waals surface area contributed by atoms with E-state index in [1.54, 1.807) is 28.7 Å². The Balaban J connectivity index is 1.68. The number of nitrogens with zero attached hydrogens (tertiary/aromatic N) is 5. The van der Waals surface area contributed by atoms with Crippen molar-refractivity contribution in [3.05, 3.63) is 29.9 Å². The highest BCUT2D eigenvalue weighted by atomic mass is 32.1. The first-order valence-electron chi connectivity index (χ1n) is 5.59. The van der Waals surface area contributed by atoms with Crippen molar-refractivity contribution in [2.45, 2.75) is 6.42 Å². The first-order chi connectivity index (χ1) is 8.83. The Morgan fingerprint density at radius 1 is 1.33 bits per heavy atom. The lowest BCUT2D eigenvalue weighted by atomic mass is 10.3. The van der Waals surface area contributed by atoms with Gasteiger partial charge in [0.05, 0.1) is 5.39 Å². The Morgan fingerprint density at radius 3 is 3.11 bits per heavy atom. The van der Waals surface area contributed by atoms with Gasteiger partial charge in [0.2, 0.25) is 0 Å². The number of hydrogen-bond donors (Lipinski definition) is 1. The third-order valence-electron chi connectivity index (χ3n) is 2.55. The summed E-state index contributed by atoms with van der Waals surface area (Å²) >= 11 is 1.62. The zero-order valence-corrected chi connectivity index (χ0v) is 10.7. The fourth-order valence-electron chi connectivity index (χ4n) is 1.72. The van der Waals surface area contributed by atoms with E-state index in [9.17, 15) is 0 Å². The molecule has 0 aliphatic rings. The van der Waals surface area contributed by atoms with Crippen molar-refractivity contribution in [1.29, 1.82) is 0 Å². The van der Waals surface area contributed by atoms with Crippen LogP contribution in [-0.2, 0) is 13.5 Å². The van der Waals surface area contributed by atoms with Gasteiger partial charge in [-0.15, -0.1) is 11.3 Å². The second kappa shape index (κ2) is 4.69. The summed E-state index contributed by atoms with van der Waals surface area (Å²) in [5, 5.41) is 10.6. The molecule has 0 saturated carbocycles. The minimum atomic E-state index is 0.756. The van der Waals surface area contributed by atoms with Crippen LogP contribution in [0.1, 0.15) is 5.82 Å². The molecule has 0 aliphatic carbocycles. The summed E-state index contributed by atoms with van der Waals surface area (Å²) in [6.45, 7) is 0.756. The first-order valence-corrected chi connectivity index (χ1v) is 6.47. The van der Waals surface area contributed by atoms with Gasteiger partial charge in [0.1, 0.15) is 23.3 Å². The predicted molar refractivity (Wildman–Crippen MR) is 70.6 cm³/mol. The fraction of sp³-hybridized carbons (Fsp3) is 0.273. The number of anilines is 1. The molecule has 18 heavy (non-hydrogen) atoms. The molecular weight excluding hydrogens is 248 g/mol. The van der Waals surface area contributed by atoms with Crippen LogP contribution in [0, 0.1) is 0 Å². The van der Waals surface area contributed by atoms with Crippen LogP contribution in [-0.4, -0.2) is 31.3 Å². The zero-order valence-electron chi connectivity index (χ0n) is 9.87. The Morgan fingerprint density at radius 2 is 2.28 bits per heavy atom. The normalized spacial score (nSPS) is 10.9. The number of thiophene rings is 1. The van der Waals surface area contributed by atoms with E-state index in [1.165, 1.54) is 0 Å². The Kier molecular flexibility index (Phi) is 2.89. The van der Waals surface area contributed by atoms with Gasteiger partial charge < -0.3 is 5.32 Å². The van der Waals surface area contributed by atoms with Crippen molar-refractivity contribution in [3.8, 4) is 0 Å². The van der Waals surface area contributed by atoms with Crippen molar-refractivity contribution in [1.82, 2.24) is 24.7 Å². The molecular formula is C11H12N6S. The lowest BCUT2D eigenvalue weighted by Crippen LogP contribution is -2.08. The van der Waals surface area contributed by atoms with Crippen LogP contribution in [0.2, 0.25) is 0 Å². The minimum Gasteiger partial charge on any atom is -0.369 e. The van der Waals surface area contributed by atoms with E-state index in [0.717, 1.165) is 34.8 Å². The maximum absolute atomic E-state index is 4.25. The summed E-state index contributed by atoms with van der Waals surface area (Å²) in [6.07, 6.45) is 4.06. The highest BCUT2D eigenvalue weighted by molar-refractivity contribution is 7.16. The van der Waals surface area contributed by atoms with Gasteiger partial charge in [-0.2, -0.15) is 5.10 Å². The van der Waals surface area contributed by atoms with Crippen LogP contribution in [0.4, 0.5) is 5.82 Å². The fourth-order valence-corrected chi connectivity index (χ4v) is 2.45. The summed E-state index contributed by atoms with van der Waals surface area (Å²) in [7, 11) is 1.86. The number of aryl methyl sites for hydroxylation is 1. The molecule has 92 valence electrons. The Bertz CT molecular complexity index is 658. The highest BCUT2D eigenvalue weighted by Gasteiger charge is 2.04. The molecule has 0 amide bonds. The van der Waals surface area contributed by atoms with Gasteiger partial charge in [-0.3, -0.25) is 4.68 Å². The van der Waals surface area contributed by atoms with Crippen LogP contribution >= 0.6 is 11.3 Å². The minimum absolute atomic E-state index is 0.756. The summed E-state index contributed by atoms with van der Waals surface area (Å²) in [5.41, 5.74) is 0. The molecule has 0 radical (unpaired) electrons. The Hall–Kier alpha value is -2.02. The molecule has 7 heteroatoms. The maximum Gasteiger partial charge on any atom is 0.152 e. The molecule has 3 aromatic rings. The lowest BCUT2D eigenvalue weighted by Gasteiger charge is -2.04. The largest absolute Gasteiger partial charge is 0.369 e. The zero-order chi connectivity index (χ0) is 12.4. The average molecular weight is 260 g/mol. The van der Waals surface area contributed by atoms with Crippen LogP contribution in [0.5, 0.6) is 0 Å². The molecule has 6 nitrogen and oxygen atoms in total. The van der Waals surface area contributed by atoms with Gasteiger partial charge in [0.25, 0.3) is 0 Å². The molecule has 0 saturated heterocycles. The molecule has 3 heterocycles. The third kappa shape index (κ3) is 2.17. The number of nitrogens with one attached hydrogen (secondary N) is 1. The molecule has 1 N–H and O–H groups in total. The molecule has 0 atom stereocenters. The van der Waals surface area contributed by atoms with E-state index in [1.807, 2.05) is 18.5 Å². The average Bonchev–Trinajstić information content (AvgIpc) is 2.98. The number of hydrogen-bond acceptors (Lipinski definition) is 6. The number of aromatic nitrogens is 5. The van der Waals surface area contributed by atoms with Gasteiger partial charge in [-0.05, 0) is 11.4 Å². The maximum atomic E-state index is 4.25. The summed E-state index contributed by atoms with van der Waals surface area (Å²) in [6, 6.07) is 2.03. The summed E-state index contributed by atoms with van der Waals surface area (Å²) < 4.78 is 1.71. The Labute approximate surface area is 108 Å². The van der Waals surface area contributed by atoms with Gasteiger partial charge in [0.15, 0.2) is 5.82 Å². The van der Waals surface area contributed by atoms with Gasteiger partial charge >= 0.3 is 0 Å². The van der Waals surface area contributed by atoms with Crippen LogP contribution in [0.15, 0.2) is 24.1 Å². The van der Waals surface area contributed by atoms with E-state index in [0.29, 0.717) is 0 Å². The number of fused-ring (bicyclic) bond motifs is 1. The van der Waals surface area contributed by atoms with E-state index in [-0.39, 0.29) is 0 Å². The second-order valence-electron chi connectivity index (χ2n) is 3.87. The van der Waals surface area contributed by atoms with Gasteiger partial charge in [0, 0.05) is 20.0 Å². The topological polar surface area (TPSA) is 68.5 Å². The first kappa shape index (κ1) is 11.1.